The first-order chi connectivity index (χ1) is 5.16. The predicted octanol–water partition coefficient (Wildman–Crippen LogP) is 0.479. The fraction of sp³-hybridized carbons (Fsp3) is 0.286. The molecule has 1 aliphatic rings. The molecule has 0 fully saturated rings. The van der Waals surface area contributed by atoms with Gasteiger partial charge < -0.3 is 0 Å². The topological polar surface area (TPSA) is 68.0 Å². The third-order valence-electron chi connectivity index (χ3n) is 1.46. The van der Waals surface area contributed by atoms with Crippen LogP contribution in [-0.4, -0.2) is 16.6 Å². The first-order valence-corrected chi connectivity index (χ1v) is 3.13. The lowest BCUT2D eigenvalue weighted by Crippen LogP contribution is -2.28. The zero-order valence-corrected chi connectivity index (χ0v) is 6.03. The summed E-state index contributed by atoms with van der Waals surface area (Å²) in [6.45, 7) is 1.36. The lowest BCUT2D eigenvalue weighted by atomic mass is 10.2. The van der Waals surface area contributed by atoms with Crippen LogP contribution in [0.4, 0.5) is 0 Å². The fourth-order valence-electron chi connectivity index (χ4n) is 0.872. The van der Waals surface area contributed by atoms with Gasteiger partial charge in [-0.05, 0) is 6.08 Å². The Labute approximate surface area is 64.2 Å². The van der Waals surface area contributed by atoms with Crippen molar-refractivity contribution in [2.24, 2.45) is 5.92 Å². The zero-order chi connectivity index (χ0) is 8.43. The summed E-state index contributed by atoms with van der Waals surface area (Å²) in [5.74, 6) is -0.747. The lowest BCUT2D eigenvalue weighted by Gasteiger charge is -2.11. The van der Waals surface area contributed by atoms with Crippen molar-refractivity contribution < 1.29 is 4.79 Å². The second-order valence-electron chi connectivity index (χ2n) is 2.22. The zero-order valence-electron chi connectivity index (χ0n) is 6.03. The van der Waals surface area contributed by atoms with E-state index in [1.54, 1.807) is 0 Å². The summed E-state index contributed by atoms with van der Waals surface area (Å²) in [7, 11) is 0. The van der Waals surface area contributed by atoms with E-state index in [-0.39, 0.29) is 11.7 Å². The molecule has 0 saturated carbocycles. The van der Waals surface area contributed by atoms with Crippen LogP contribution in [0.5, 0.6) is 0 Å². The average molecular weight is 149 g/mol. The lowest BCUT2D eigenvalue weighted by molar-refractivity contribution is -0.123. The van der Waals surface area contributed by atoms with E-state index in [0.717, 1.165) is 4.90 Å². The molecule has 0 aliphatic carbocycles. The monoisotopic (exact) mass is 149 g/mol. The van der Waals surface area contributed by atoms with Crippen molar-refractivity contribution in [2.75, 3.05) is 0 Å². The molecule has 11 heavy (non-hydrogen) atoms. The number of nitrogens with one attached hydrogen (secondary N) is 1. The van der Waals surface area contributed by atoms with Gasteiger partial charge in [0.05, 0.1) is 6.07 Å². The van der Waals surface area contributed by atoms with E-state index in [1.807, 2.05) is 6.07 Å². The Kier molecular flexibility index (Phi) is 1.73. The maximum absolute atomic E-state index is 10.7. The van der Waals surface area contributed by atoms with Crippen LogP contribution in [0.3, 0.4) is 0 Å². The molecule has 0 aromatic carbocycles. The third-order valence-corrected chi connectivity index (χ3v) is 1.46. The molecular formula is C7H7N3O. The van der Waals surface area contributed by atoms with Crippen molar-refractivity contribution in [2.45, 2.75) is 6.92 Å². The number of carbonyl (C=O) groups is 1. The number of hydrogen-bond donors (Lipinski definition) is 1. The molecule has 0 spiro atoms. The quantitative estimate of drug-likeness (QED) is 0.544. The minimum atomic E-state index is -0.557. The summed E-state index contributed by atoms with van der Waals surface area (Å²) in [4.78, 5) is 11.9. The van der Waals surface area contributed by atoms with Crippen LogP contribution in [0.1, 0.15) is 6.92 Å². The van der Waals surface area contributed by atoms with Gasteiger partial charge in [-0.15, -0.1) is 0 Å². The first-order valence-electron chi connectivity index (χ1n) is 3.13. The van der Waals surface area contributed by atoms with Gasteiger partial charge in [0.2, 0.25) is 5.91 Å². The normalized spacial score (nSPS) is 22.0. The van der Waals surface area contributed by atoms with Crippen LogP contribution in [0, 0.1) is 22.7 Å². The molecule has 1 heterocycles. The molecule has 1 atom stereocenters. The molecular weight excluding hydrogens is 142 g/mol. The Morgan fingerprint density at radius 1 is 1.91 bits per heavy atom. The second kappa shape index (κ2) is 2.54. The highest BCUT2D eigenvalue weighted by atomic mass is 16.2. The predicted molar refractivity (Wildman–Crippen MR) is 38.5 cm³/mol. The van der Waals surface area contributed by atoms with Crippen molar-refractivity contribution >= 4 is 11.7 Å². The van der Waals surface area contributed by atoms with Gasteiger partial charge in [0, 0.05) is 13.1 Å². The standard InChI is InChI=1S/C7H7N3O/c1-5(11)10-3-2-6(4-8)7(10)9/h2-3,6,9H,1H3. The van der Waals surface area contributed by atoms with Gasteiger partial charge in [-0.1, -0.05) is 0 Å². The highest BCUT2D eigenvalue weighted by Gasteiger charge is 2.24. The summed E-state index contributed by atoms with van der Waals surface area (Å²) in [5.41, 5.74) is 0. The molecule has 1 amide bonds. The van der Waals surface area contributed by atoms with Crippen molar-refractivity contribution in [3.8, 4) is 6.07 Å². The van der Waals surface area contributed by atoms with E-state index >= 15 is 0 Å². The van der Waals surface area contributed by atoms with E-state index < -0.39 is 5.92 Å². The molecule has 0 bridgehead atoms. The summed E-state index contributed by atoms with van der Waals surface area (Å²) >= 11 is 0. The van der Waals surface area contributed by atoms with Gasteiger partial charge in [-0.25, -0.2) is 0 Å². The van der Waals surface area contributed by atoms with Gasteiger partial charge in [0.15, 0.2) is 0 Å². The van der Waals surface area contributed by atoms with Crippen molar-refractivity contribution in [3.05, 3.63) is 12.3 Å². The average Bonchev–Trinajstić information content (AvgIpc) is 2.30. The maximum atomic E-state index is 10.7. The molecule has 0 saturated heterocycles. The highest BCUT2D eigenvalue weighted by molar-refractivity contribution is 6.01. The third kappa shape index (κ3) is 1.13. The van der Waals surface area contributed by atoms with Crippen molar-refractivity contribution in [1.82, 2.24) is 4.90 Å². The molecule has 1 aliphatic heterocycles. The molecule has 1 unspecified atom stereocenters. The fourth-order valence-corrected chi connectivity index (χ4v) is 0.872. The van der Waals surface area contributed by atoms with E-state index in [0.29, 0.717) is 0 Å². The SMILES string of the molecule is CC(=O)N1C=CC(C#N)C1=N. The van der Waals surface area contributed by atoms with Crippen molar-refractivity contribution in [1.29, 1.82) is 10.7 Å². The van der Waals surface area contributed by atoms with Crippen LogP contribution in [-0.2, 0) is 4.79 Å². The van der Waals surface area contributed by atoms with E-state index in [9.17, 15) is 4.79 Å². The molecule has 56 valence electrons. The highest BCUT2D eigenvalue weighted by Crippen LogP contribution is 2.13. The second-order valence-corrected chi connectivity index (χ2v) is 2.22. The number of amidine groups is 1. The van der Waals surface area contributed by atoms with Gasteiger partial charge in [-0.3, -0.25) is 15.1 Å². The van der Waals surface area contributed by atoms with E-state index in [4.69, 9.17) is 10.7 Å². The smallest absolute Gasteiger partial charge is 0.228 e. The Hall–Kier alpha value is -1.63. The molecule has 1 rings (SSSR count). The first kappa shape index (κ1) is 7.48. The number of hydrogen-bond acceptors (Lipinski definition) is 3. The Morgan fingerprint density at radius 3 is 2.82 bits per heavy atom. The molecule has 0 radical (unpaired) electrons. The van der Waals surface area contributed by atoms with Gasteiger partial charge >= 0.3 is 0 Å². The molecule has 0 aromatic rings. The van der Waals surface area contributed by atoms with E-state index in [2.05, 4.69) is 0 Å². The summed E-state index contributed by atoms with van der Waals surface area (Å²) in [5, 5.41) is 15.8. The number of carbonyl (C=O) groups excluding carboxylic acids is 1. The van der Waals surface area contributed by atoms with Crippen LogP contribution < -0.4 is 0 Å². The molecule has 4 nitrogen and oxygen atoms in total. The molecule has 0 aromatic heterocycles. The van der Waals surface area contributed by atoms with Crippen LogP contribution in [0.25, 0.3) is 0 Å². The molecule has 1 N–H and O–H groups in total. The van der Waals surface area contributed by atoms with Gasteiger partial charge in [-0.2, -0.15) is 5.26 Å². The largest absolute Gasteiger partial charge is 0.286 e. The van der Waals surface area contributed by atoms with Crippen LogP contribution in [0.2, 0.25) is 0 Å². The van der Waals surface area contributed by atoms with E-state index in [1.165, 1.54) is 19.2 Å². The maximum Gasteiger partial charge on any atom is 0.228 e. The summed E-state index contributed by atoms with van der Waals surface area (Å²) in [6.07, 6.45) is 2.99. The van der Waals surface area contributed by atoms with Gasteiger partial charge in [0.1, 0.15) is 11.8 Å². The minimum absolute atomic E-state index is 0.0417. The Morgan fingerprint density at radius 2 is 2.55 bits per heavy atom. The number of nitriles is 1. The minimum Gasteiger partial charge on any atom is -0.286 e. The van der Waals surface area contributed by atoms with Crippen molar-refractivity contribution in [3.63, 3.8) is 0 Å². The summed E-state index contributed by atoms with van der Waals surface area (Å²) in [6, 6.07) is 1.89. The number of nitrogens with zero attached hydrogens (tertiary/aromatic N) is 2. The number of rotatable bonds is 0. The van der Waals surface area contributed by atoms with Crippen LogP contribution in [0.15, 0.2) is 12.3 Å². The van der Waals surface area contributed by atoms with Crippen LogP contribution >= 0.6 is 0 Å². The number of amides is 1. The Balaban J connectivity index is 2.82. The molecule has 4 heteroatoms. The Bertz CT molecular complexity index is 274. The summed E-state index contributed by atoms with van der Waals surface area (Å²) < 4.78 is 0. The van der Waals surface area contributed by atoms with Gasteiger partial charge in [0.25, 0.3) is 0 Å².